The van der Waals surface area contributed by atoms with E-state index in [0.29, 0.717) is 11.8 Å². The predicted octanol–water partition coefficient (Wildman–Crippen LogP) is 7.55. The number of hydrogen-bond acceptors (Lipinski definition) is 1. The van der Waals surface area contributed by atoms with Crippen molar-refractivity contribution in [2.75, 3.05) is 0 Å². The molecular formula is C25H43N. The molecule has 1 aliphatic carbocycles. The molecule has 0 bridgehead atoms. The van der Waals surface area contributed by atoms with Crippen molar-refractivity contribution in [3.8, 4) is 0 Å². The second kappa shape index (κ2) is 16.8. The van der Waals surface area contributed by atoms with Crippen LogP contribution in [0, 0.1) is 11.8 Å². The normalized spacial score (nSPS) is 20.7. The van der Waals surface area contributed by atoms with E-state index in [1.165, 1.54) is 36.0 Å². The van der Waals surface area contributed by atoms with Crippen LogP contribution in [0.1, 0.15) is 67.7 Å². The van der Waals surface area contributed by atoms with Gasteiger partial charge >= 0.3 is 0 Å². The van der Waals surface area contributed by atoms with Gasteiger partial charge in [0.2, 0.25) is 0 Å². The van der Waals surface area contributed by atoms with Gasteiger partial charge < -0.3 is 5.73 Å². The molecule has 1 nitrogen and oxygen atoms in total. The van der Waals surface area contributed by atoms with Crippen molar-refractivity contribution in [2.45, 2.75) is 73.8 Å². The van der Waals surface area contributed by atoms with Gasteiger partial charge in [-0.2, -0.15) is 0 Å². The summed E-state index contributed by atoms with van der Waals surface area (Å²) < 4.78 is 0. The molecule has 0 aromatic rings. The van der Waals surface area contributed by atoms with Crippen LogP contribution >= 0.6 is 0 Å². The fourth-order valence-electron chi connectivity index (χ4n) is 3.49. The van der Waals surface area contributed by atoms with E-state index in [1.54, 1.807) is 0 Å². The summed E-state index contributed by atoms with van der Waals surface area (Å²) in [4.78, 5) is 0. The maximum Gasteiger partial charge on any atom is 0.0329 e. The van der Waals surface area contributed by atoms with Gasteiger partial charge in [0, 0.05) is 6.04 Å². The lowest BCUT2D eigenvalue weighted by Gasteiger charge is -2.28. The summed E-state index contributed by atoms with van der Waals surface area (Å²) in [5, 5.41) is 0. The Morgan fingerprint density at radius 1 is 1.00 bits per heavy atom. The molecule has 3 atom stereocenters. The molecule has 1 rings (SSSR count). The van der Waals surface area contributed by atoms with Crippen LogP contribution in [0.5, 0.6) is 0 Å². The summed E-state index contributed by atoms with van der Waals surface area (Å²) in [7, 11) is 0. The van der Waals surface area contributed by atoms with E-state index in [4.69, 9.17) is 5.73 Å². The van der Waals surface area contributed by atoms with Gasteiger partial charge in [0.25, 0.3) is 0 Å². The molecule has 0 aliphatic heterocycles. The summed E-state index contributed by atoms with van der Waals surface area (Å²) in [5.41, 5.74) is 10.6. The molecule has 0 aromatic heterocycles. The Morgan fingerprint density at radius 3 is 2.08 bits per heavy atom. The topological polar surface area (TPSA) is 26.0 Å². The van der Waals surface area contributed by atoms with Crippen LogP contribution < -0.4 is 5.73 Å². The van der Waals surface area contributed by atoms with Crippen molar-refractivity contribution in [3.63, 3.8) is 0 Å². The molecule has 0 aromatic carbocycles. The van der Waals surface area contributed by atoms with Gasteiger partial charge in [-0.1, -0.05) is 95.4 Å². The van der Waals surface area contributed by atoms with E-state index in [0.717, 1.165) is 0 Å². The van der Waals surface area contributed by atoms with Crippen LogP contribution in [0.3, 0.4) is 0 Å². The highest BCUT2D eigenvalue weighted by molar-refractivity contribution is 5.34. The van der Waals surface area contributed by atoms with Crippen molar-refractivity contribution in [2.24, 2.45) is 17.6 Å². The minimum atomic E-state index is 0.0631. The Kier molecular flexibility index (Phi) is 17.3. The van der Waals surface area contributed by atoms with Crippen molar-refractivity contribution < 1.29 is 0 Å². The first-order chi connectivity index (χ1) is 12.6. The molecule has 26 heavy (non-hydrogen) atoms. The zero-order valence-corrected chi connectivity index (χ0v) is 18.4. The fourth-order valence-corrected chi connectivity index (χ4v) is 3.49. The van der Waals surface area contributed by atoms with Gasteiger partial charge in [-0.25, -0.2) is 0 Å². The van der Waals surface area contributed by atoms with Gasteiger partial charge in [0.1, 0.15) is 0 Å². The second-order valence-electron chi connectivity index (χ2n) is 6.18. The van der Waals surface area contributed by atoms with Crippen molar-refractivity contribution in [1.82, 2.24) is 0 Å². The Morgan fingerprint density at radius 2 is 1.62 bits per heavy atom. The highest BCUT2D eigenvalue weighted by atomic mass is 14.7. The Labute approximate surface area is 164 Å². The van der Waals surface area contributed by atoms with Crippen LogP contribution in [-0.4, -0.2) is 6.04 Å². The average molecular weight is 358 g/mol. The van der Waals surface area contributed by atoms with Crippen molar-refractivity contribution >= 4 is 0 Å². The Hall–Kier alpha value is -1.60. The van der Waals surface area contributed by atoms with Crippen molar-refractivity contribution in [3.05, 3.63) is 72.4 Å². The molecule has 0 amide bonds. The molecule has 3 unspecified atom stereocenters. The first-order valence-electron chi connectivity index (χ1n) is 10.2. The average Bonchev–Trinajstić information content (AvgIpc) is 3.14. The molecule has 0 spiro atoms. The minimum Gasteiger partial charge on any atom is -0.324 e. The Balaban J connectivity index is 0. The number of hydrogen-bond donors (Lipinski definition) is 1. The third-order valence-corrected chi connectivity index (χ3v) is 4.47. The van der Waals surface area contributed by atoms with Gasteiger partial charge in [-0.3, -0.25) is 0 Å². The Bertz CT molecular complexity index is 498. The molecule has 0 saturated heterocycles. The summed E-state index contributed by atoms with van der Waals surface area (Å²) in [6.07, 6.45) is 17.8. The van der Waals surface area contributed by atoms with Gasteiger partial charge in [-0.05, 0) is 56.6 Å². The summed E-state index contributed by atoms with van der Waals surface area (Å²) in [6.45, 7) is 22.0. The van der Waals surface area contributed by atoms with Gasteiger partial charge in [0.15, 0.2) is 0 Å². The quantitative estimate of drug-likeness (QED) is 0.468. The van der Waals surface area contributed by atoms with Gasteiger partial charge in [-0.15, -0.1) is 0 Å². The summed E-state index contributed by atoms with van der Waals surface area (Å²) >= 11 is 0. The number of rotatable bonds is 7. The number of nitrogens with two attached hydrogens (primary N) is 1. The van der Waals surface area contributed by atoms with E-state index < -0.39 is 0 Å². The molecular weight excluding hydrogens is 314 g/mol. The monoisotopic (exact) mass is 357 g/mol. The van der Waals surface area contributed by atoms with Crippen LogP contribution in [-0.2, 0) is 0 Å². The molecule has 1 heteroatoms. The van der Waals surface area contributed by atoms with E-state index in [-0.39, 0.29) is 6.04 Å². The van der Waals surface area contributed by atoms with E-state index in [1.807, 2.05) is 58.9 Å². The fraction of sp³-hybridized carbons (Fsp3) is 0.520. The van der Waals surface area contributed by atoms with Crippen LogP contribution in [0.4, 0.5) is 0 Å². The van der Waals surface area contributed by atoms with Crippen LogP contribution in [0.25, 0.3) is 0 Å². The number of allylic oxidation sites excluding steroid dienone is 8. The largest absolute Gasteiger partial charge is 0.324 e. The van der Waals surface area contributed by atoms with E-state index >= 15 is 0 Å². The third kappa shape index (κ3) is 8.67. The maximum atomic E-state index is 6.62. The summed E-state index contributed by atoms with van der Waals surface area (Å²) in [6, 6.07) is 0.0631. The molecule has 0 radical (unpaired) electrons. The zero-order chi connectivity index (χ0) is 20.5. The lowest BCUT2D eigenvalue weighted by atomic mass is 9.79. The predicted molar refractivity (Wildman–Crippen MR) is 122 cm³/mol. The molecule has 1 saturated carbocycles. The SMILES string of the molecule is C=C/C=C\C(=C(C)C)C1CCCC1C(N)C(/C=C\C)=C/C=C.CC.CC. The lowest BCUT2D eigenvalue weighted by molar-refractivity contribution is 0.396. The van der Waals surface area contributed by atoms with Crippen LogP contribution in [0.2, 0.25) is 0 Å². The molecule has 2 N–H and O–H groups in total. The highest BCUT2D eigenvalue weighted by Crippen LogP contribution is 2.41. The minimum absolute atomic E-state index is 0.0631. The second-order valence-corrected chi connectivity index (χ2v) is 6.18. The lowest BCUT2D eigenvalue weighted by Crippen LogP contribution is -2.34. The van der Waals surface area contributed by atoms with E-state index in [9.17, 15) is 0 Å². The van der Waals surface area contributed by atoms with Gasteiger partial charge in [0.05, 0.1) is 0 Å². The highest BCUT2D eigenvalue weighted by Gasteiger charge is 2.34. The molecule has 1 aliphatic rings. The van der Waals surface area contributed by atoms with E-state index in [2.05, 4.69) is 45.2 Å². The molecule has 148 valence electrons. The first-order valence-corrected chi connectivity index (χ1v) is 10.2. The standard InChI is InChI=1S/C21H31N.2C2H6/c1-6-9-13-18(16(4)5)19-14-10-15-20(19)21(22)17(11-7-2)12-8-3;2*1-2/h6-9,11-13,19-21H,1-2,10,14-15,22H2,3-5H3;2*1-2H3/b12-8-,13-9-,17-11+;;. The van der Waals surface area contributed by atoms with Crippen molar-refractivity contribution in [1.29, 1.82) is 0 Å². The first kappa shape index (κ1) is 26.6. The zero-order valence-electron chi connectivity index (χ0n) is 18.4. The third-order valence-electron chi connectivity index (χ3n) is 4.47. The summed E-state index contributed by atoms with van der Waals surface area (Å²) in [5.74, 6) is 1.02. The molecule has 1 fully saturated rings. The smallest absolute Gasteiger partial charge is 0.0329 e. The van der Waals surface area contributed by atoms with Crippen LogP contribution in [0.15, 0.2) is 72.4 Å². The maximum absolute atomic E-state index is 6.62. The molecule has 0 heterocycles.